The van der Waals surface area contributed by atoms with Crippen LogP contribution in [0.2, 0.25) is 0 Å². The second-order valence-corrected chi connectivity index (χ2v) is 6.00. The van der Waals surface area contributed by atoms with E-state index in [2.05, 4.69) is 39.0 Å². The van der Waals surface area contributed by atoms with Crippen LogP contribution in [0.5, 0.6) is 0 Å². The van der Waals surface area contributed by atoms with E-state index >= 15 is 0 Å². The Morgan fingerprint density at radius 2 is 2.47 bits per heavy atom. The molecule has 2 heterocycles. The lowest BCUT2D eigenvalue weighted by atomic mass is 10.3. The van der Waals surface area contributed by atoms with Gasteiger partial charge in [-0.15, -0.1) is 0 Å². The Morgan fingerprint density at radius 1 is 1.58 bits per heavy atom. The maximum absolute atomic E-state index is 4.39. The lowest BCUT2D eigenvalue weighted by Gasteiger charge is -2.34. The minimum atomic E-state index is 0.735. The predicted molar refractivity (Wildman–Crippen MR) is 81.7 cm³/mol. The molecule has 0 spiro atoms. The summed E-state index contributed by atoms with van der Waals surface area (Å²) in [6.45, 7) is 6.17. The van der Waals surface area contributed by atoms with Crippen LogP contribution < -0.4 is 5.32 Å². The molecule has 6 heteroatoms. The highest BCUT2D eigenvalue weighted by Gasteiger charge is 2.21. The third kappa shape index (κ3) is 4.16. The van der Waals surface area contributed by atoms with E-state index in [1.54, 1.807) is 0 Å². The summed E-state index contributed by atoms with van der Waals surface area (Å²) in [5, 5.41) is 8.36. The van der Waals surface area contributed by atoms with Crippen molar-refractivity contribution in [1.29, 1.82) is 0 Å². The zero-order valence-corrected chi connectivity index (χ0v) is 12.6. The molecule has 1 aromatic rings. The smallest absolute Gasteiger partial charge is 0.193 e. The number of nitrogens with zero attached hydrogens (tertiary/aromatic N) is 4. The van der Waals surface area contributed by atoms with Crippen LogP contribution in [-0.4, -0.2) is 58.3 Å². The molecule has 2 rings (SSSR count). The Labute approximate surface area is 119 Å². The summed E-state index contributed by atoms with van der Waals surface area (Å²) in [7, 11) is 1.86. The molecular weight excluding hydrogens is 258 g/mol. The summed E-state index contributed by atoms with van der Waals surface area (Å²) in [6, 6.07) is 1.95. The fourth-order valence-corrected chi connectivity index (χ4v) is 3.39. The van der Waals surface area contributed by atoms with Crippen LogP contribution in [0.1, 0.15) is 13.3 Å². The molecule has 0 saturated carbocycles. The number of aliphatic imine (C=N–C) groups is 1. The van der Waals surface area contributed by atoms with Gasteiger partial charge in [0.25, 0.3) is 0 Å². The molecule has 1 fully saturated rings. The third-order valence-electron chi connectivity index (χ3n) is 3.29. The van der Waals surface area contributed by atoms with Crippen molar-refractivity contribution in [3.05, 3.63) is 18.5 Å². The van der Waals surface area contributed by atoms with Gasteiger partial charge in [0, 0.05) is 50.1 Å². The van der Waals surface area contributed by atoms with E-state index < -0.39 is 0 Å². The monoisotopic (exact) mass is 281 g/mol. The first kappa shape index (κ1) is 14.2. The van der Waals surface area contributed by atoms with Gasteiger partial charge in [0.1, 0.15) is 0 Å². The summed E-state index contributed by atoms with van der Waals surface area (Å²) >= 11 is 2.08. The van der Waals surface area contributed by atoms with Crippen molar-refractivity contribution in [3.63, 3.8) is 0 Å². The van der Waals surface area contributed by atoms with Crippen LogP contribution in [0, 0.1) is 0 Å². The summed E-state index contributed by atoms with van der Waals surface area (Å²) in [5.41, 5.74) is 0. The van der Waals surface area contributed by atoms with Crippen molar-refractivity contribution in [2.45, 2.75) is 25.1 Å². The number of guanidine groups is 1. The first-order valence-corrected chi connectivity index (χ1v) is 7.93. The number of hydrogen-bond acceptors (Lipinski definition) is 3. The normalized spacial score (nSPS) is 20.6. The van der Waals surface area contributed by atoms with Gasteiger partial charge in [-0.2, -0.15) is 16.9 Å². The highest BCUT2D eigenvalue weighted by atomic mass is 32.2. The van der Waals surface area contributed by atoms with Crippen LogP contribution in [-0.2, 0) is 6.54 Å². The maximum Gasteiger partial charge on any atom is 0.193 e. The fourth-order valence-electron chi connectivity index (χ4n) is 2.21. The lowest BCUT2D eigenvalue weighted by molar-refractivity contribution is 0.406. The molecule has 19 heavy (non-hydrogen) atoms. The van der Waals surface area contributed by atoms with E-state index in [0.29, 0.717) is 0 Å². The van der Waals surface area contributed by atoms with E-state index in [-0.39, 0.29) is 0 Å². The second-order valence-electron chi connectivity index (χ2n) is 4.59. The average Bonchev–Trinajstić information content (AvgIpc) is 2.97. The fraction of sp³-hybridized carbons (Fsp3) is 0.692. The van der Waals surface area contributed by atoms with Gasteiger partial charge in [0.15, 0.2) is 5.96 Å². The molecule has 1 saturated heterocycles. The zero-order valence-electron chi connectivity index (χ0n) is 11.7. The van der Waals surface area contributed by atoms with Crippen molar-refractivity contribution in [2.24, 2.45) is 4.99 Å². The molecule has 0 amide bonds. The molecular formula is C13H23N5S. The van der Waals surface area contributed by atoms with Gasteiger partial charge in [-0.1, -0.05) is 6.92 Å². The van der Waals surface area contributed by atoms with Gasteiger partial charge in [-0.25, -0.2) is 0 Å². The van der Waals surface area contributed by atoms with Gasteiger partial charge in [-0.3, -0.25) is 9.67 Å². The Balaban J connectivity index is 1.79. The molecule has 5 nitrogen and oxygen atoms in total. The van der Waals surface area contributed by atoms with Crippen molar-refractivity contribution < 1.29 is 0 Å². The Hall–Kier alpha value is -1.17. The van der Waals surface area contributed by atoms with E-state index in [1.165, 1.54) is 12.2 Å². The van der Waals surface area contributed by atoms with Gasteiger partial charge >= 0.3 is 0 Å². The summed E-state index contributed by atoms with van der Waals surface area (Å²) < 4.78 is 1.93. The summed E-state index contributed by atoms with van der Waals surface area (Å²) in [6.07, 6.45) is 5.02. The summed E-state index contributed by atoms with van der Waals surface area (Å²) in [4.78, 5) is 6.76. The van der Waals surface area contributed by atoms with Crippen LogP contribution in [0.4, 0.5) is 0 Å². The van der Waals surface area contributed by atoms with Gasteiger partial charge < -0.3 is 10.2 Å². The highest BCUT2D eigenvalue weighted by molar-refractivity contribution is 8.00. The molecule has 1 N–H and O–H groups in total. The first-order valence-electron chi connectivity index (χ1n) is 6.88. The molecule has 0 bridgehead atoms. The molecule has 0 aliphatic carbocycles. The predicted octanol–water partition coefficient (Wildman–Crippen LogP) is 1.29. The van der Waals surface area contributed by atoms with Gasteiger partial charge in [-0.05, 0) is 12.5 Å². The Kier molecular flexibility index (Phi) is 5.57. The summed E-state index contributed by atoms with van der Waals surface area (Å²) in [5.74, 6) is 2.21. The third-order valence-corrected chi connectivity index (χ3v) is 4.66. The van der Waals surface area contributed by atoms with Gasteiger partial charge in [0.05, 0.1) is 6.54 Å². The SMILES string of the molecule is CCC1CN(C(=NC)NCCn2cccn2)CCS1. The van der Waals surface area contributed by atoms with Crippen LogP contribution in [0.3, 0.4) is 0 Å². The Morgan fingerprint density at radius 3 is 3.16 bits per heavy atom. The minimum Gasteiger partial charge on any atom is -0.354 e. The molecule has 1 aliphatic rings. The van der Waals surface area contributed by atoms with E-state index in [1.807, 2.05) is 30.2 Å². The molecule has 1 atom stereocenters. The quantitative estimate of drug-likeness (QED) is 0.667. The van der Waals surface area contributed by atoms with Crippen LogP contribution in [0.15, 0.2) is 23.5 Å². The van der Waals surface area contributed by atoms with Crippen molar-refractivity contribution >= 4 is 17.7 Å². The lowest BCUT2D eigenvalue weighted by Crippen LogP contribution is -2.48. The van der Waals surface area contributed by atoms with Crippen molar-refractivity contribution in [3.8, 4) is 0 Å². The molecule has 1 unspecified atom stereocenters. The zero-order chi connectivity index (χ0) is 13.5. The van der Waals surface area contributed by atoms with E-state index in [4.69, 9.17) is 0 Å². The molecule has 0 aromatic carbocycles. The number of nitrogens with one attached hydrogen (secondary N) is 1. The second kappa shape index (κ2) is 7.43. The maximum atomic E-state index is 4.39. The van der Waals surface area contributed by atoms with Crippen LogP contribution in [0.25, 0.3) is 0 Å². The van der Waals surface area contributed by atoms with Crippen molar-refractivity contribution in [2.75, 3.05) is 32.4 Å². The first-order chi connectivity index (χ1) is 9.33. The Bertz CT molecular complexity index is 390. The van der Waals surface area contributed by atoms with E-state index in [9.17, 15) is 0 Å². The number of rotatable bonds is 4. The molecule has 106 valence electrons. The molecule has 1 aromatic heterocycles. The topological polar surface area (TPSA) is 45.5 Å². The highest BCUT2D eigenvalue weighted by Crippen LogP contribution is 2.20. The number of thioether (sulfide) groups is 1. The number of hydrogen-bond donors (Lipinski definition) is 1. The number of aromatic nitrogens is 2. The largest absolute Gasteiger partial charge is 0.354 e. The molecule has 0 radical (unpaired) electrons. The molecule has 1 aliphatic heterocycles. The standard InChI is InChI=1S/C13H23N5S/c1-3-12-11-17(9-10-19-12)13(14-2)15-6-8-18-7-4-5-16-18/h4-5,7,12H,3,6,8-11H2,1-2H3,(H,14,15). The average molecular weight is 281 g/mol. The van der Waals surface area contributed by atoms with E-state index in [0.717, 1.165) is 37.4 Å². The minimum absolute atomic E-state index is 0.735. The van der Waals surface area contributed by atoms with Gasteiger partial charge in [0.2, 0.25) is 0 Å². The van der Waals surface area contributed by atoms with Crippen molar-refractivity contribution in [1.82, 2.24) is 20.0 Å². The van der Waals surface area contributed by atoms with Crippen LogP contribution >= 0.6 is 11.8 Å².